The number of carbonyl (C=O) groups is 4. The van der Waals surface area contributed by atoms with E-state index in [1.54, 1.807) is 6.92 Å². The minimum atomic E-state index is -2.22. The molecule has 0 bridgehead atoms. The number of rotatable bonds is 16. The van der Waals surface area contributed by atoms with E-state index in [1.165, 1.54) is 18.2 Å². The summed E-state index contributed by atoms with van der Waals surface area (Å²) in [4.78, 5) is 49.4. The Balaban J connectivity index is 3.37. The largest absolute Gasteiger partial charge is 0.513 e. The lowest BCUT2D eigenvalue weighted by Crippen LogP contribution is -2.59. The SMILES string of the molecule is CCCCOC(=O)O[C@](Cc1ccc(OC(=O)OCC(C)C)c(OC(=O)OCC(C)C)c1)(NC(C)CC)C(=O)O. The second kappa shape index (κ2) is 17.2. The van der Waals surface area contributed by atoms with Crippen molar-refractivity contribution in [2.75, 3.05) is 19.8 Å². The van der Waals surface area contributed by atoms with E-state index >= 15 is 0 Å². The molecule has 0 fully saturated rings. The van der Waals surface area contributed by atoms with Crippen molar-refractivity contribution in [3.05, 3.63) is 23.8 Å². The maximum Gasteiger partial charge on any atom is 0.513 e. The molecular weight excluding hydrogens is 526 g/mol. The second-order valence-corrected chi connectivity index (χ2v) is 10.2. The van der Waals surface area contributed by atoms with Gasteiger partial charge in [-0.25, -0.2) is 19.2 Å². The first kappa shape index (κ1) is 34.5. The zero-order chi connectivity index (χ0) is 30.3. The molecule has 0 saturated carbocycles. The fourth-order valence-corrected chi connectivity index (χ4v) is 3.09. The number of benzene rings is 1. The minimum Gasteiger partial charge on any atom is -0.477 e. The van der Waals surface area contributed by atoms with Crippen LogP contribution in [0.15, 0.2) is 18.2 Å². The van der Waals surface area contributed by atoms with Gasteiger partial charge in [0.2, 0.25) is 0 Å². The predicted octanol–water partition coefficient (Wildman–Crippen LogP) is 5.69. The zero-order valence-electron chi connectivity index (χ0n) is 24.4. The van der Waals surface area contributed by atoms with Crippen LogP contribution in [0.2, 0.25) is 0 Å². The number of ether oxygens (including phenoxy) is 6. The van der Waals surface area contributed by atoms with Crippen molar-refractivity contribution in [1.29, 1.82) is 0 Å². The molecule has 2 N–H and O–H groups in total. The first-order valence-electron chi connectivity index (χ1n) is 13.5. The Kier molecular flexibility index (Phi) is 14.8. The molecule has 0 heterocycles. The molecule has 1 rings (SSSR count). The molecule has 0 saturated heterocycles. The van der Waals surface area contributed by atoms with Crippen molar-refractivity contribution in [2.24, 2.45) is 11.8 Å². The summed E-state index contributed by atoms with van der Waals surface area (Å²) in [5.74, 6) is -1.74. The molecular formula is C28H43NO11. The molecule has 1 aromatic rings. The number of nitrogens with one attached hydrogen (secondary N) is 1. The third-order valence-electron chi connectivity index (χ3n) is 5.33. The number of carbonyl (C=O) groups excluding carboxylic acids is 3. The average molecular weight is 570 g/mol. The standard InChI is InChI=1S/C28H43NO11/c1-8-10-13-35-27(34)40-28(24(30)31,29-20(7)9-2)15-21-11-12-22(38-25(32)36-16-18(3)4)23(14-21)39-26(33)37-17-19(5)6/h11-12,14,18-20,29H,8-10,13,15-17H2,1-7H3,(H,30,31)/t20?,28-/m0/s1. The number of carboxylic acid groups (broad SMARTS) is 1. The van der Waals surface area contributed by atoms with Gasteiger partial charge in [-0.15, -0.1) is 0 Å². The lowest BCUT2D eigenvalue weighted by atomic mass is 10.00. The van der Waals surface area contributed by atoms with Crippen LogP contribution < -0.4 is 14.8 Å². The monoisotopic (exact) mass is 569 g/mol. The summed E-state index contributed by atoms with van der Waals surface area (Å²) in [5, 5.41) is 13.0. The van der Waals surface area contributed by atoms with Gasteiger partial charge in [-0.05, 0) is 49.3 Å². The summed E-state index contributed by atoms with van der Waals surface area (Å²) >= 11 is 0. The molecule has 0 spiro atoms. The third kappa shape index (κ3) is 12.5. The van der Waals surface area contributed by atoms with Gasteiger partial charge in [0.25, 0.3) is 5.72 Å². The van der Waals surface area contributed by atoms with E-state index in [-0.39, 0.29) is 61.2 Å². The van der Waals surface area contributed by atoms with Crippen LogP contribution in [-0.2, 0) is 30.2 Å². The van der Waals surface area contributed by atoms with Gasteiger partial charge in [0.1, 0.15) is 0 Å². The number of hydrogen-bond acceptors (Lipinski definition) is 11. The number of unbranched alkanes of at least 4 members (excludes halogenated alkanes) is 1. The van der Waals surface area contributed by atoms with Gasteiger partial charge in [0, 0.05) is 12.5 Å². The highest BCUT2D eigenvalue weighted by Gasteiger charge is 2.44. The molecule has 12 heteroatoms. The molecule has 12 nitrogen and oxygen atoms in total. The lowest BCUT2D eigenvalue weighted by Gasteiger charge is -2.32. The first-order chi connectivity index (χ1) is 18.8. The van der Waals surface area contributed by atoms with E-state index < -0.39 is 30.2 Å². The molecule has 0 radical (unpaired) electrons. The van der Waals surface area contributed by atoms with Gasteiger partial charge in [0.05, 0.1) is 19.8 Å². The molecule has 0 amide bonds. The van der Waals surface area contributed by atoms with Crippen LogP contribution in [0.3, 0.4) is 0 Å². The Morgan fingerprint density at radius 3 is 1.93 bits per heavy atom. The quantitative estimate of drug-likeness (QED) is 0.0825. The first-order valence-corrected chi connectivity index (χ1v) is 13.5. The molecule has 226 valence electrons. The number of hydrogen-bond donors (Lipinski definition) is 2. The molecule has 2 atom stereocenters. The second-order valence-electron chi connectivity index (χ2n) is 10.2. The van der Waals surface area contributed by atoms with Crippen LogP contribution >= 0.6 is 0 Å². The van der Waals surface area contributed by atoms with Crippen molar-refractivity contribution < 1.29 is 52.7 Å². The molecule has 0 aromatic heterocycles. The van der Waals surface area contributed by atoms with Crippen molar-refractivity contribution in [1.82, 2.24) is 5.32 Å². The van der Waals surface area contributed by atoms with Crippen LogP contribution in [0, 0.1) is 11.8 Å². The Morgan fingerprint density at radius 2 is 1.43 bits per heavy atom. The maximum absolute atomic E-state index is 12.5. The summed E-state index contributed by atoms with van der Waals surface area (Å²) in [6.07, 6.45) is -1.71. The highest BCUT2D eigenvalue weighted by molar-refractivity contribution is 5.80. The third-order valence-corrected chi connectivity index (χ3v) is 5.33. The Morgan fingerprint density at radius 1 is 0.850 bits per heavy atom. The van der Waals surface area contributed by atoms with Gasteiger partial charge >= 0.3 is 24.4 Å². The Labute approximate surface area is 235 Å². The van der Waals surface area contributed by atoms with E-state index in [1.807, 2.05) is 41.5 Å². The van der Waals surface area contributed by atoms with Crippen LogP contribution in [0.25, 0.3) is 0 Å². The van der Waals surface area contributed by atoms with E-state index in [0.717, 1.165) is 6.42 Å². The topological polar surface area (TPSA) is 156 Å². The van der Waals surface area contributed by atoms with E-state index in [0.29, 0.717) is 12.8 Å². The molecule has 40 heavy (non-hydrogen) atoms. The number of carboxylic acids is 1. The van der Waals surface area contributed by atoms with Crippen molar-refractivity contribution in [2.45, 2.75) is 85.9 Å². The summed E-state index contributed by atoms with van der Waals surface area (Å²) in [5.41, 5.74) is -1.94. The molecule has 0 aliphatic rings. The van der Waals surface area contributed by atoms with Crippen LogP contribution in [-0.4, -0.2) is 61.1 Å². The van der Waals surface area contributed by atoms with Crippen LogP contribution in [0.5, 0.6) is 11.5 Å². The van der Waals surface area contributed by atoms with E-state index in [2.05, 4.69) is 5.32 Å². The highest BCUT2D eigenvalue weighted by atomic mass is 16.8. The van der Waals surface area contributed by atoms with Crippen molar-refractivity contribution in [3.63, 3.8) is 0 Å². The van der Waals surface area contributed by atoms with E-state index in [4.69, 9.17) is 28.4 Å². The highest BCUT2D eigenvalue weighted by Crippen LogP contribution is 2.31. The average Bonchev–Trinajstić information content (AvgIpc) is 2.87. The smallest absolute Gasteiger partial charge is 0.477 e. The van der Waals surface area contributed by atoms with Crippen LogP contribution in [0.1, 0.15) is 73.3 Å². The molecule has 1 unspecified atom stereocenters. The van der Waals surface area contributed by atoms with Gasteiger partial charge < -0.3 is 33.5 Å². The number of aliphatic carboxylic acids is 1. The van der Waals surface area contributed by atoms with Crippen LogP contribution in [0.4, 0.5) is 14.4 Å². The maximum atomic E-state index is 12.5. The van der Waals surface area contributed by atoms with Gasteiger partial charge in [0.15, 0.2) is 11.5 Å². The zero-order valence-corrected chi connectivity index (χ0v) is 24.4. The summed E-state index contributed by atoms with van der Waals surface area (Å²) in [7, 11) is 0. The van der Waals surface area contributed by atoms with Crippen molar-refractivity contribution in [3.8, 4) is 11.5 Å². The van der Waals surface area contributed by atoms with Gasteiger partial charge in [-0.1, -0.05) is 54.0 Å². The Bertz CT molecular complexity index is 979. The summed E-state index contributed by atoms with van der Waals surface area (Å²) in [6.45, 7) is 13.1. The fourth-order valence-electron chi connectivity index (χ4n) is 3.09. The summed E-state index contributed by atoms with van der Waals surface area (Å²) < 4.78 is 31.0. The van der Waals surface area contributed by atoms with Gasteiger partial charge in [-0.3, -0.25) is 5.32 Å². The molecule has 0 aliphatic carbocycles. The Hall–Kier alpha value is -3.54. The minimum absolute atomic E-state index is 0.0395. The molecule has 0 aliphatic heterocycles. The molecule has 1 aromatic carbocycles. The normalized spacial score (nSPS) is 13.2. The lowest BCUT2D eigenvalue weighted by molar-refractivity contribution is -0.167. The van der Waals surface area contributed by atoms with Gasteiger partial charge in [-0.2, -0.15) is 0 Å². The van der Waals surface area contributed by atoms with Crippen molar-refractivity contribution >= 4 is 24.4 Å². The summed E-state index contributed by atoms with van der Waals surface area (Å²) in [6, 6.07) is 3.69. The van der Waals surface area contributed by atoms with E-state index in [9.17, 15) is 24.3 Å². The predicted molar refractivity (Wildman–Crippen MR) is 144 cm³/mol. The fraction of sp³-hybridized carbons (Fsp3) is 0.643.